The Morgan fingerprint density at radius 3 is 3.00 bits per heavy atom. The predicted octanol–water partition coefficient (Wildman–Crippen LogP) is 1.87. The van der Waals surface area contributed by atoms with Crippen LogP contribution in [-0.4, -0.2) is 25.7 Å². The molecule has 0 saturated carbocycles. The van der Waals surface area contributed by atoms with Gasteiger partial charge in [0.1, 0.15) is 5.75 Å². The van der Waals surface area contributed by atoms with E-state index < -0.39 is 0 Å². The molecule has 2 rings (SSSR count). The zero-order chi connectivity index (χ0) is 13.0. The fraction of sp³-hybridized carbons (Fsp3) is 0.500. The van der Waals surface area contributed by atoms with Crippen LogP contribution in [0, 0.1) is 0 Å². The third-order valence-corrected chi connectivity index (χ3v) is 3.31. The Labute approximate surface area is 108 Å². The largest absolute Gasteiger partial charge is 0.497 e. The molecule has 98 valence electrons. The fourth-order valence-corrected chi connectivity index (χ4v) is 2.38. The molecule has 0 fully saturated rings. The fourth-order valence-electron chi connectivity index (χ4n) is 2.38. The molecule has 1 atom stereocenters. The molecule has 0 aromatic heterocycles. The van der Waals surface area contributed by atoms with Gasteiger partial charge in [-0.2, -0.15) is 0 Å². The van der Waals surface area contributed by atoms with E-state index in [1.807, 2.05) is 13.0 Å². The molecule has 0 heterocycles. The summed E-state index contributed by atoms with van der Waals surface area (Å²) in [5, 5.41) is 5.77. The number of aryl methyl sites for hydroxylation is 1. The molecular formula is C14H20N2O2. The van der Waals surface area contributed by atoms with E-state index in [4.69, 9.17) is 4.74 Å². The van der Waals surface area contributed by atoms with Crippen molar-refractivity contribution in [3.8, 4) is 5.75 Å². The molecule has 4 heteroatoms. The molecule has 2 amide bonds. The van der Waals surface area contributed by atoms with Gasteiger partial charge in [-0.05, 0) is 49.4 Å². The van der Waals surface area contributed by atoms with E-state index in [2.05, 4.69) is 22.8 Å². The number of urea groups is 1. The monoisotopic (exact) mass is 248 g/mol. The highest BCUT2D eigenvalue weighted by molar-refractivity contribution is 5.74. The number of amides is 2. The summed E-state index contributed by atoms with van der Waals surface area (Å²) >= 11 is 0. The van der Waals surface area contributed by atoms with Gasteiger partial charge in [0, 0.05) is 12.6 Å². The van der Waals surface area contributed by atoms with Crippen molar-refractivity contribution >= 4 is 6.03 Å². The van der Waals surface area contributed by atoms with E-state index in [1.165, 1.54) is 11.1 Å². The lowest BCUT2D eigenvalue weighted by molar-refractivity contribution is 0.236. The predicted molar refractivity (Wildman–Crippen MR) is 71.0 cm³/mol. The van der Waals surface area contributed by atoms with Gasteiger partial charge in [0.15, 0.2) is 0 Å². The molecule has 0 spiro atoms. The van der Waals surface area contributed by atoms with Crippen molar-refractivity contribution in [3.05, 3.63) is 29.3 Å². The van der Waals surface area contributed by atoms with Crippen molar-refractivity contribution in [2.24, 2.45) is 0 Å². The first-order valence-electron chi connectivity index (χ1n) is 6.43. The van der Waals surface area contributed by atoms with Crippen LogP contribution >= 0.6 is 0 Å². The zero-order valence-corrected chi connectivity index (χ0v) is 11.0. The third kappa shape index (κ3) is 2.94. The van der Waals surface area contributed by atoms with E-state index in [0.717, 1.165) is 25.0 Å². The van der Waals surface area contributed by atoms with E-state index >= 15 is 0 Å². The second-order valence-corrected chi connectivity index (χ2v) is 4.58. The maximum Gasteiger partial charge on any atom is 0.315 e. The third-order valence-electron chi connectivity index (χ3n) is 3.31. The van der Waals surface area contributed by atoms with Gasteiger partial charge >= 0.3 is 6.03 Å². The molecule has 0 saturated heterocycles. The Bertz CT molecular complexity index is 432. The molecule has 0 bridgehead atoms. The molecular weight excluding hydrogens is 228 g/mol. The average molecular weight is 248 g/mol. The maximum atomic E-state index is 11.5. The summed E-state index contributed by atoms with van der Waals surface area (Å²) in [5.74, 6) is 0.906. The van der Waals surface area contributed by atoms with Crippen LogP contribution in [0.25, 0.3) is 0 Å². The molecule has 1 aromatic carbocycles. The van der Waals surface area contributed by atoms with Crippen LogP contribution in [0.1, 0.15) is 24.5 Å². The minimum atomic E-state index is -0.0699. The number of carbonyl (C=O) groups is 1. The number of methoxy groups -OCH3 is 1. The highest BCUT2D eigenvalue weighted by Gasteiger charge is 2.20. The van der Waals surface area contributed by atoms with Gasteiger partial charge in [-0.1, -0.05) is 6.07 Å². The van der Waals surface area contributed by atoms with Gasteiger partial charge in [-0.25, -0.2) is 4.79 Å². The molecule has 1 unspecified atom stereocenters. The summed E-state index contributed by atoms with van der Waals surface area (Å²) in [6, 6.07) is 6.34. The quantitative estimate of drug-likeness (QED) is 0.858. The summed E-state index contributed by atoms with van der Waals surface area (Å²) in [7, 11) is 1.68. The molecule has 2 N–H and O–H groups in total. The van der Waals surface area contributed by atoms with E-state index in [-0.39, 0.29) is 12.1 Å². The van der Waals surface area contributed by atoms with Gasteiger partial charge < -0.3 is 15.4 Å². The van der Waals surface area contributed by atoms with E-state index in [9.17, 15) is 4.79 Å². The molecule has 18 heavy (non-hydrogen) atoms. The van der Waals surface area contributed by atoms with Crippen LogP contribution in [0.5, 0.6) is 5.75 Å². The number of hydrogen-bond donors (Lipinski definition) is 2. The van der Waals surface area contributed by atoms with Gasteiger partial charge in [0.25, 0.3) is 0 Å². The minimum absolute atomic E-state index is 0.0699. The topological polar surface area (TPSA) is 50.4 Å². The van der Waals surface area contributed by atoms with Crippen molar-refractivity contribution in [1.29, 1.82) is 0 Å². The van der Waals surface area contributed by atoms with Gasteiger partial charge in [0.2, 0.25) is 0 Å². The lowest BCUT2D eigenvalue weighted by atomic mass is 9.88. The second-order valence-electron chi connectivity index (χ2n) is 4.58. The standard InChI is InChI=1S/C14H20N2O2/c1-3-15-14(17)16-12-6-4-11-9-13(18-2)7-5-10(11)8-12/h5,7,9,12H,3-4,6,8H2,1-2H3,(H2,15,16,17). The van der Waals surface area contributed by atoms with Crippen molar-refractivity contribution < 1.29 is 9.53 Å². The number of hydrogen-bond acceptors (Lipinski definition) is 2. The number of benzene rings is 1. The smallest absolute Gasteiger partial charge is 0.315 e. The normalized spacial score (nSPS) is 17.8. The molecule has 1 aliphatic carbocycles. The number of nitrogens with one attached hydrogen (secondary N) is 2. The average Bonchev–Trinajstić information content (AvgIpc) is 2.38. The van der Waals surface area contributed by atoms with Crippen molar-refractivity contribution in [3.63, 3.8) is 0 Å². The number of rotatable bonds is 3. The summed E-state index contributed by atoms with van der Waals surface area (Å²) in [6.45, 7) is 2.58. The van der Waals surface area contributed by atoms with Crippen LogP contribution in [0.2, 0.25) is 0 Å². The Hall–Kier alpha value is -1.71. The van der Waals surface area contributed by atoms with E-state index in [1.54, 1.807) is 7.11 Å². The molecule has 0 aliphatic heterocycles. The van der Waals surface area contributed by atoms with Crippen molar-refractivity contribution in [2.45, 2.75) is 32.2 Å². The van der Waals surface area contributed by atoms with Crippen LogP contribution in [-0.2, 0) is 12.8 Å². The number of fused-ring (bicyclic) bond motifs is 1. The van der Waals surface area contributed by atoms with Crippen LogP contribution in [0.4, 0.5) is 4.79 Å². The van der Waals surface area contributed by atoms with Crippen LogP contribution in [0.15, 0.2) is 18.2 Å². The lowest BCUT2D eigenvalue weighted by Crippen LogP contribution is -2.44. The summed E-state index contributed by atoms with van der Waals surface area (Å²) in [4.78, 5) is 11.5. The minimum Gasteiger partial charge on any atom is -0.497 e. The summed E-state index contributed by atoms with van der Waals surface area (Å²) < 4.78 is 5.22. The van der Waals surface area contributed by atoms with Gasteiger partial charge in [-0.3, -0.25) is 0 Å². The van der Waals surface area contributed by atoms with Crippen LogP contribution in [0.3, 0.4) is 0 Å². The Balaban J connectivity index is 1.99. The highest BCUT2D eigenvalue weighted by atomic mass is 16.5. The van der Waals surface area contributed by atoms with Gasteiger partial charge in [0.05, 0.1) is 7.11 Å². The lowest BCUT2D eigenvalue weighted by Gasteiger charge is -2.25. The number of ether oxygens (including phenoxy) is 1. The van der Waals surface area contributed by atoms with Gasteiger partial charge in [-0.15, -0.1) is 0 Å². The summed E-state index contributed by atoms with van der Waals surface area (Å²) in [5.41, 5.74) is 2.65. The molecule has 1 aliphatic rings. The molecule has 4 nitrogen and oxygen atoms in total. The Kier molecular flexibility index (Phi) is 4.07. The first kappa shape index (κ1) is 12.7. The Morgan fingerprint density at radius 1 is 1.44 bits per heavy atom. The first-order valence-corrected chi connectivity index (χ1v) is 6.43. The van der Waals surface area contributed by atoms with Crippen LogP contribution < -0.4 is 15.4 Å². The van der Waals surface area contributed by atoms with Crippen molar-refractivity contribution in [1.82, 2.24) is 10.6 Å². The summed E-state index contributed by atoms with van der Waals surface area (Å²) in [6.07, 6.45) is 2.87. The highest BCUT2D eigenvalue weighted by Crippen LogP contribution is 2.25. The second kappa shape index (κ2) is 5.76. The first-order chi connectivity index (χ1) is 8.72. The number of carbonyl (C=O) groups excluding carboxylic acids is 1. The molecule has 1 aromatic rings. The Morgan fingerprint density at radius 2 is 2.28 bits per heavy atom. The van der Waals surface area contributed by atoms with Crippen molar-refractivity contribution in [2.75, 3.05) is 13.7 Å². The maximum absolute atomic E-state index is 11.5. The van der Waals surface area contributed by atoms with E-state index in [0.29, 0.717) is 6.54 Å². The molecule has 0 radical (unpaired) electrons. The zero-order valence-electron chi connectivity index (χ0n) is 11.0. The SMILES string of the molecule is CCNC(=O)NC1CCc2cc(OC)ccc2C1.